The fourth-order valence-electron chi connectivity index (χ4n) is 1.55. The van der Waals surface area contributed by atoms with Crippen LogP contribution in [-0.2, 0) is 19.2 Å². The molecule has 0 atom stereocenters. The lowest BCUT2D eigenvalue weighted by Gasteiger charge is -2.36. The average molecular weight is 226 g/mol. The quantitative estimate of drug-likeness (QED) is 0.581. The van der Waals surface area contributed by atoms with Gasteiger partial charge in [-0.05, 0) is 27.7 Å². The zero-order valence-corrected chi connectivity index (χ0v) is 9.63. The summed E-state index contributed by atoms with van der Waals surface area (Å²) in [6.45, 7) is 3.68. The van der Waals surface area contributed by atoms with E-state index in [1.807, 2.05) is 0 Å². The first-order valence-corrected chi connectivity index (χ1v) is 4.57. The van der Waals surface area contributed by atoms with E-state index in [2.05, 4.69) is 0 Å². The minimum Gasteiger partial charge on any atom is -0.297 e. The summed E-state index contributed by atoms with van der Waals surface area (Å²) in [4.78, 5) is 45.3. The third kappa shape index (κ3) is 1.70. The fraction of sp³-hybridized carbons (Fsp3) is 0.600. The Kier molecular flexibility index (Phi) is 3.86. The molecule has 0 fully saturated rings. The van der Waals surface area contributed by atoms with Gasteiger partial charge < -0.3 is 0 Å². The molecule has 0 saturated heterocycles. The van der Waals surface area contributed by atoms with Crippen LogP contribution in [0, 0.1) is 0 Å². The summed E-state index contributed by atoms with van der Waals surface area (Å²) >= 11 is 0. The average Bonchev–Trinajstić information content (AvgIpc) is 2.13. The zero-order chi connectivity index (χ0) is 13.3. The largest absolute Gasteiger partial charge is 0.297 e. The summed E-state index contributed by atoms with van der Waals surface area (Å²) in [5, 5.41) is 0. The topological polar surface area (TPSA) is 116 Å². The lowest BCUT2D eigenvalue weighted by molar-refractivity contribution is -0.148. The molecule has 0 saturated carbocycles. The van der Waals surface area contributed by atoms with Crippen LogP contribution in [0.15, 0.2) is 0 Å². The van der Waals surface area contributed by atoms with Crippen molar-refractivity contribution in [1.29, 1.82) is 0 Å². The van der Waals surface area contributed by atoms with Crippen molar-refractivity contribution < 1.29 is 19.2 Å². The molecule has 0 heterocycles. The highest BCUT2D eigenvalue weighted by molar-refractivity contribution is 6.25. The first-order valence-electron chi connectivity index (χ1n) is 4.57. The molecule has 0 aliphatic rings. The van der Waals surface area contributed by atoms with Crippen molar-refractivity contribution in [3.05, 3.63) is 0 Å². The molecule has 0 rings (SSSR count). The lowest BCUT2D eigenvalue weighted by Crippen LogP contribution is -2.71. The predicted octanol–water partition coefficient (Wildman–Crippen LogP) is -0.614. The Morgan fingerprint density at radius 1 is 0.625 bits per heavy atom. The molecule has 0 aliphatic heterocycles. The molecule has 2 N–H and O–H groups in total. The van der Waals surface area contributed by atoms with Crippen molar-refractivity contribution in [2.45, 2.75) is 38.8 Å². The number of hydrogen-bond acceptors (Lipinski definition) is 4. The number of nitrogens with one attached hydrogen (secondary N) is 2. The molecular weight excluding hydrogens is 212 g/mol. The Morgan fingerprint density at radius 3 is 0.812 bits per heavy atom. The Bertz CT molecular complexity index is 309. The molecule has 6 nitrogen and oxygen atoms in total. The van der Waals surface area contributed by atoms with Gasteiger partial charge in [-0.25, -0.2) is 11.5 Å². The number of ketones is 4. The van der Waals surface area contributed by atoms with Crippen LogP contribution in [0.1, 0.15) is 27.7 Å². The maximum Gasteiger partial charge on any atom is 0.182 e. The molecule has 88 valence electrons. The molecule has 6 heteroatoms. The molecule has 0 amide bonds. The van der Waals surface area contributed by atoms with Crippen molar-refractivity contribution in [3.8, 4) is 0 Å². The van der Waals surface area contributed by atoms with Crippen molar-refractivity contribution >= 4 is 23.1 Å². The Balaban J connectivity index is 6.05. The first-order chi connectivity index (χ1) is 7.02. The summed E-state index contributed by atoms with van der Waals surface area (Å²) in [6, 6.07) is 0. The second kappa shape index (κ2) is 4.23. The minimum atomic E-state index is -2.66. The van der Waals surface area contributed by atoms with E-state index >= 15 is 0 Å². The third-order valence-electron chi connectivity index (χ3n) is 2.67. The molecule has 0 aromatic carbocycles. The Hall–Kier alpha value is -1.40. The van der Waals surface area contributed by atoms with Crippen molar-refractivity contribution in [2.24, 2.45) is 0 Å². The van der Waals surface area contributed by atoms with Gasteiger partial charge in [-0.1, -0.05) is 0 Å². The van der Waals surface area contributed by atoms with Gasteiger partial charge in [0, 0.05) is 0 Å². The van der Waals surface area contributed by atoms with Gasteiger partial charge in [-0.2, -0.15) is 0 Å². The lowest BCUT2D eigenvalue weighted by atomic mass is 9.68. The third-order valence-corrected chi connectivity index (χ3v) is 2.67. The normalized spacial score (nSPS) is 12.1. The predicted molar refractivity (Wildman–Crippen MR) is 54.4 cm³/mol. The summed E-state index contributed by atoms with van der Waals surface area (Å²) < 4.78 is 0. The summed E-state index contributed by atoms with van der Waals surface area (Å²) in [7, 11) is 0. The van der Waals surface area contributed by atoms with Crippen molar-refractivity contribution in [1.82, 2.24) is 11.5 Å². The molecule has 16 heavy (non-hydrogen) atoms. The summed E-state index contributed by atoms with van der Waals surface area (Å²) in [5.41, 5.74) is 10.1. The SMILES string of the molecule is CC(=O)C([NH])(C(C)=O)C([NH])(C(C)=O)C(C)=O. The van der Waals surface area contributed by atoms with Crippen LogP contribution in [0.4, 0.5) is 0 Å². The summed E-state index contributed by atoms with van der Waals surface area (Å²) in [6.07, 6.45) is 0. The minimum absolute atomic E-state index is 0.920. The van der Waals surface area contributed by atoms with Crippen LogP contribution in [-0.4, -0.2) is 34.2 Å². The Labute approximate surface area is 93.3 Å². The van der Waals surface area contributed by atoms with E-state index in [9.17, 15) is 19.2 Å². The standard InChI is InChI=1S/C10H14N2O4/c1-5(13)9(11,6(2)14)10(12,7(3)15)8(4)16/h11-12H,1-4H3. The van der Waals surface area contributed by atoms with E-state index in [4.69, 9.17) is 11.5 Å². The first kappa shape index (κ1) is 14.6. The highest BCUT2D eigenvalue weighted by atomic mass is 16.2. The maximum atomic E-state index is 11.3. The zero-order valence-electron chi connectivity index (χ0n) is 9.63. The van der Waals surface area contributed by atoms with Crippen LogP contribution in [0.2, 0.25) is 0 Å². The van der Waals surface area contributed by atoms with E-state index in [1.165, 1.54) is 0 Å². The summed E-state index contributed by atoms with van der Waals surface area (Å²) in [5.74, 6) is -3.94. The van der Waals surface area contributed by atoms with Gasteiger partial charge in [-0.3, -0.25) is 19.2 Å². The van der Waals surface area contributed by atoms with Crippen molar-refractivity contribution in [3.63, 3.8) is 0 Å². The number of carbonyl (C=O) groups is 4. The molecular formula is C10H14N2O4. The second-order valence-electron chi connectivity index (χ2n) is 3.72. The van der Waals surface area contributed by atoms with Crippen LogP contribution in [0.5, 0.6) is 0 Å². The van der Waals surface area contributed by atoms with E-state index in [0.29, 0.717) is 0 Å². The van der Waals surface area contributed by atoms with Gasteiger partial charge in [0.1, 0.15) is 0 Å². The number of hydrogen-bond donors (Lipinski definition) is 0. The van der Waals surface area contributed by atoms with E-state index in [-0.39, 0.29) is 0 Å². The van der Waals surface area contributed by atoms with Crippen molar-refractivity contribution in [2.75, 3.05) is 0 Å². The van der Waals surface area contributed by atoms with E-state index in [1.54, 1.807) is 0 Å². The number of rotatable bonds is 5. The molecule has 0 aromatic heterocycles. The highest BCUT2D eigenvalue weighted by Gasteiger charge is 2.61. The molecule has 0 bridgehead atoms. The van der Waals surface area contributed by atoms with Crippen LogP contribution < -0.4 is 11.5 Å². The number of Topliss-reactive ketones (excluding diaryl/α,β-unsaturated/α-hetero) is 4. The van der Waals surface area contributed by atoms with Crippen LogP contribution in [0.25, 0.3) is 0 Å². The highest BCUT2D eigenvalue weighted by Crippen LogP contribution is 2.26. The Morgan fingerprint density at radius 2 is 0.750 bits per heavy atom. The molecule has 0 spiro atoms. The van der Waals surface area contributed by atoms with Gasteiger partial charge in [0.25, 0.3) is 0 Å². The van der Waals surface area contributed by atoms with Crippen LogP contribution in [0.3, 0.4) is 0 Å². The van der Waals surface area contributed by atoms with Gasteiger partial charge in [0.05, 0.1) is 0 Å². The fourth-order valence-corrected chi connectivity index (χ4v) is 1.55. The van der Waals surface area contributed by atoms with E-state index in [0.717, 1.165) is 27.7 Å². The van der Waals surface area contributed by atoms with Crippen LogP contribution >= 0.6 is 0 Å². The van der Waals surface area contributed by atoms with Gasteiger partial charge in [-0.15, -0.1) is 0 Å². The number of carbonyl (C=O) groups excluding carboxylic acids is 4. The van der Waals surface area contributed by atoms with Gasteiger partial charge in [0.2, 0.25) is 0 Å². The molecule has 2 radical (unpaired) electrons. The molecule has 0 aliphatic carbocycles. The van der Waals surface area contributed by atoms with E-state index < -0.39 is 34.2 Å². The maximum absolute atomic E-state index is 11.3. The molecule has 0 unspecified atom stereocenters. The monoisotopic (exact) mass is 226 g/mol. The van der Waals surface area contributed by atoms with Gasteiger partial charge >= 0.3 is 0 Å². The molecule has 0 aromatic rings. The smallest absolute Gasteiger partial charge is 0.182 e. The van der Waals surface area contributed by atoms with Gasteiger partial charge in [0.15, 0.2) is 34.2 Å². The second-order valence-corrected chi connectivity index (χ2v) is 3.72.